The van der Waals surface area contributed by atoms with Crippen LogP contribution in [0.25, 0.3) is 0 Å². The number of piperidine rings is 1. The summed E-state index contributed by atoms with van der Waals surface area (Å²) in [5, 5.41) is 0. The Labute approximate surface area is 120 Å². The fourth-order valence-corrected chi connectivity index (χ4v) is 4.03. The van der Waals surface area contributed by atoms with Crippen LogP contribution in [0.3, 0.4) is 0 Å². The summed E-state index contributed by atoms with van der Waals surface area (Å²) in [6.45, 7) is 8.11. The molecule has 0 spiro atoms. The van der Waals surface area contributed by atoms with Crippen molar-refractivity contribution in [3.63, 3.8) is 0 Å². The molecule has 1 aliphatic carbocycles. The molecule has 112 valence electrons. The molecule has 1 aliphatic heterocycles. The van der Waals surface area contributed by atoms with Gasteiger partial charge in [0.05, 0.1) is 0 Å². The zero-order valence-corrected chi connectivity index (χ0v) is 13.2. The van der Waals surface area contributed by atoms with Gasteiger partial charge in [-0.1, -0.05) is 33.1 Å². The molecule has 1 saturated heterocycles. The van der Waals surface area contributed by atoms with Gasteiger partial charge >= 0.3 is 0 Å². The van der Waals surface area contributed by atoms with Gasteiger partial charge in [-0.15, -0.1) is 0 Å². The molecule has 0 aromatic carbocycles. The summed E-state index contributed by atoms with van der Waals surface area (Å²) in [6.07, 6.45) is 12.9. The largest absolute Gasteiger partial charge is 0.330 e. The standard InChI is InChI=1S/C17H34N2/c1-17(2,14-18)11-5-6-12-19-13-7-9-15-8-3-4-10-16(15)19/h15-16H,3-14,18H2,1-2H3/t15-,16-/m1/s1. The minimum absolute atomic E-state index is 0.343. The molecular formula is C17H34N2. The molecule has 2 rings (SSSR count). The van der Waals surface area contributed by atoms with Gasteiger partial charge in [0.15, 0.2) is 0 Å². The summed E-state index contributed by atoms with van der Waals surface area (Å²) in [5.74, 6) is 1.03. The van der Waals surface area contributed by atoms with E-state index in [0.717, 1.165) is 18.5 Å². The Morgan fingerprint density at radius 1 is 1.05 bits per heavy atom. The Hall–Kier alpha value is -0.0800. The molecule has 0 unspecified atom stereocenters. The normalized spacial score (nSPS) is 29.2. The quantitative estimate of drug-likeness (QED) is 0.741. The first kappa shape index (κ1) is 15.3. The molecule has 2 heteroatoms. The first-order valence-electron chi connectivity index (χ1n) is 8.56. The van der Waals surface area contributed by atoms with Gasteiger partial charge in [-0.25, -0.2) is 0 Å². The van der Waals surface area contributed by atoms with Gasteiger partial charge in [-0.05, 0) is 69.5 Å². The molecule has 1 heterocycles. The van der Waals surface area contributed by atoms with Gasteiger partial charge in [-0.2, -0.15) is 0 Å². The van der Waals surface area contributed by atoms with Crippen LogP contribution in [0, 0.1) is 11.3 Å². The Morgan fingerprint density at radius 3 is 2.58 bits per heavy atom. The third-order valence-corrected chi connectivity index (χ3v) is 5.46. The zero-order valence-electron chi connectivity index (χ0n) is 13.2. The van der Waals surface area contributed by atoms with Crippen molar-refractivity contribution < 1.29 is 0 Å². The molecule has 0 aromatic heterocycles. The van der Waals surface area contributed by atoms with Crippen LogP contribution in [0.4, 0.5) is 0 Å². The minimum atomic E-state index is 0.343. The average Bonchev–Trinajstić information content (AvgIpc) is 2.44. The molecule has 0 bridgehead atoms. The Kier molecular flexibility index (Phi) is 5.70. The van der Waals surface area contributed by atoms with Crippen LogP contribution in [0.15, 0.2) is 0 Å². The average molecular weight is 266 g/mol. The fraction of sp³-hybridized carbons (Fsp3) is 1.00. The number of rotatable bonds is 6. The second-order valence-corrected chi connectivity index (χ2v) is 7.62. The van der Waals surface area contributed by atoms with Crippen molar-refractivity contribution >= 4 is 0 Å². The van der Waals surface area contributed by atoms with Crippen LogP contribution in [-0.4, -0.2) is 30.6 Å². The fourth-order valence-electron chi connectivity index (χ4n) is 4.03. The van der Waals surface area contributed by atoms with Gasteiger partial charge in [-0.3, -0.25) is 0 Å². The van der Waals surface area contributed by atoms with Crippen molar-refractivity contribution in [3.8, 4) is 0 Å². The topological polar surface area (TPSA) is 29.3 Å². The third kappa shape index (κ3) is 4.46. The van der Waals surface area contributed by atoms with Crippen LogP contribution in [0.5, 0.6) is 0 Å². The Bertz CT molecular complexity index is 260. The second kappa shape index (κ2) is 7.08. The predicted octanol–water partition coefficient (Wildman–Crippen LogP) is 3.80. The summed E-state index contributed by atoms with van der Waals surface area (Å²) in [6, 6.07) is 0.935. The predicted molar refractivity (Wildman–Crippen MR) is 83.2 cm³/mol. The van der Waals surface area contributed by atoms with Crippen LogP contribution in [0.1, 0.15) is 71.6 Å². The first-order valence-corrected chi connectivity index (χ1v) is 8.56. The van der Waals surface area contributed by atoms with Crippen molar-refractivity contribution in [2.45, 2.75) is 77.7 Å². The molecule has 0 aromatic rings. The number of unbranched alkanes of at least 4 members (excludes halogenated alkanes) is 1. The van der Waals surface area contributed by atoms with E-state index in [4.69, 9.17) is 5.73 Å². The van der Waals surface area contributed by atoms with E-state index < -0.39 is 0 Å². The van der Waals surface area contributed by atoms with Crippen LogP contribution in [-0.2, 0) is 0 Å². The highest BCUT2D eigenvalue weighted by Gasteiger charge is 2.32. The van der Waals surface area contributed by atoms with Crippen molar-refractivity contribution in [3.05, 3.63) is 0 Å². The lowest BCUT2D eigenvalue weighted by Crippen LogP contribution is -2.47. The molecule has 1 saturated carbocycles. The van der Waals surface area contributed by atoms with E-state index in [1.165, 1.54) is 70.9 Å². The molecule has 2 fully saturated rings. The minimum Gasteiger partial charge on any atom is -0.330 e. The van der Waals surface area contributed by atoms with Crippen molar-refractivity contribution in [1.29, 1.82) is 0 Å². The van der Waals surface area contributed by atoms with Crippen LogP contribution >= 0.6 is 0 Å². The van der Waals surface area contributed by atoms with Gasteiger partial charge < -0.3 is 10.6 Å². The maximum atomic E-state index is 5.81. The van der Waals surface area contributed by atoms with E-state index in [1.54, 1.807) is 0 Å². The molecule has 2 atom stereocenters. The number of likely N-dealkylation sites (tertiary alicyclic amines) is 1. The molecule has 0 radical (unpaired) electrons. The zero-order chi connectivity index (χ0) is 13.7. The number of hydrogen-bond acceptors (Lipinski definition) is 2. The second-order valence-electron chi connectivity index (χ2n) is 7.62. The van der Waals surface area contributed by atoms with Crippen molar-refractivity contribution in [1.82, 2.24) is 4.90 Å². The number of hydrogen-bond donors (Lipinski definition) is 1. The van der Waals surface area contributed by atoms with E-state index >= 15 is 0 Å². The molecule has 2 nitrogen and oxygen atoms in total. The summed E-state index contributed by atoms with van der Waals surface area (Å²) < 4.78 is 0. The lowest BCUT2D eigenvalue weighted by molar-refractivity contribution is 0.0589. The maximum Gasteiger partial charge on any atom is 0.0123 e. The molecule has 19 heavy (non-hydrogen) atoms. The lowest BCUT2D eigenvalue weighted by atomic mass is 9.78. The Morgan fingerprint density at radius 2 is 1.79 bits per heavy atom. The van der Waals surface area contributed by atoms with Gasteiger partial charge in [0.2, 0.25) is 0 Å². The van der Waals surface area contributed by atoms with E-state index in [2.05, 4.69) is 18.7 Å². The van der Waals surface area contributed by atoms with Gasteiger partial charge in [0, 0.05) is 6.04 Å². The molecule has 2 N–H and O–H groups in total. The monoisotopic (exact) mass is 266 g/mol. The number of nitrogens with two attached hydrogens (primary N) is 1. The van der Waals surface area contributed by atoms with Crippen LogP contribution in [0.2, 0.25) is 0 Å². The highest BCUT2D eigenvalue weighted by Crippen LogP contribution is 2.35. The Balaban J connectivity index is 1.70. The SMILES string of the molecule is CC(C)(CN)CCCCN1CCC[C@H]2CCCC[C@H]21. The summed E-state index contributed by atoms with van der Waals surface area (Å²) in [4.78, 5) is 2.82. The number of nitrogens with zero attached hydrogens (tertiary/aromatic N) is 1. The highest BCUT2D eigenvalue weighted by molar-refractivity contribution is 4.87. The van der Waals surface area contributed by atoms with Crippen LogP contribution < -0.4 is 5.73 Å². The van der Waals surface area contributed by atoms with Gasteiger partial charge in [0.1, 0.15) is 0 Å². The summed E-state index contributed by atoms with van der Waals surface area (Å²) >= 11 is 0. The third-order valence-electron chi connectivity index (χ3n) is 5.46. The number of fused-ring (bicyclic) bond motifs is 1. The molecular weight excluding hydrogens is 232 g/mol. The molecule has 2 aliphatic rings. The first-order chi connectivity index (χ1) is 9.12. The summed E-state index contributed by atoms with van der Waals surface area (Å²) in [5.41, 5.74) is 6.15. The summed E-state index contributed by atoms with van der Waals surface area (Å²) in [7, 11) is 0. The smallest absolute Gasteiger partial charge is 0.0123 e. The maximum absolute atomic E-state index is 5.81. The highest BCUT2D eigenvalue weighted by atomic mass is 15.2. The van der Waals surface area contributed by atoms with Gasteiger partial charge in [0.25, 0.3) is 0 Å². The van der Waals surface area contributed by atoms with Crippen molar-refractivity contribution in [2.75, 3.05) is 19.6 Å². The van der Waals surface area contributed by atoms with E-state index in [0.29, 0.717) is 5.41 Å². The van der Waals surface area contributed by atoms with Crippen molar-refractivity contribution in [2.24, 2.45) is 17.1 Å². The molecule has 0 amide bonds. The van der Waals surface area contributed by atoms with E-state index in [1.807, 2.05) is 0 Å². The lowest BCUT2D eigenvalue weighted by Gasteiger charge is -2.44. The van der Waals surface area contributed by atoms with E-state index in [-0.39, 0.29) is 0 Å². The van der Waals surface area contributed by atoms with E-state index in [9.17, 15) is 0 Å².